The molecule has 0 saturated heterocycles. The molecule has 1 aliphatic heterocycles. The highest BCUT2D eigenvalue weighted by Crippen LogP contribution is 2.02. The van der Waals surface area contributed by atoms with Crippen LogP contribution in [-0.2, 0) is 0 Å². The lowest BCUT2D eigenvalue weighted by molar-refractivity contribution is 0.240. The van der Waals surface area contributed by atoms with Crippen LogP contribution in [0.4, 0.5) is 0 Å². The van der Waals surface area contributed by atoms with Crippen molar-refractivity contribution in [3.8, 4) is 0 Å². The van der Waals surface area contributed by atoms with Crippen molar-refractivity contribution < 1.29 is 0 Å². The normalized spacial score (nSPS) is 13.8. The third-order valence-corrected chi connectivity index (χ3v) is 1.35. The molecule has 0 amide bonds. The van der Waals surface area contributed by atoms with E-state index in [0.717, 1.165) is 13.2 Å². The van der Waals surface area contributed by atoms with Crippen LogP contribution in [0, 0.1) is 0 Å². The van der Waals surface area contributed by atoms with E-state index < -0.39 is 0 Å². The number of hydrogen-bond donors (Lipinski definition) is 1. The fourth-order valence-electron chi connectivity index (χ4n) is 0.861. The Balaban J connectivity index is 0. The van der Waals surface area contributed by atoms with Gasteiger partial charge in [-0.25, -0.2) is 5.43 Å². The summed E-state index contributed by atoms with van der Waals surface area (Å²) in [6.45, 7) is 7.54. The Kier molecular flexibility index (Phi) is 9.24. The van der Waals surface area contributed by atoms with Gasteiger partial charge in [0.1, 0.15) is 6.67 Å². The number of halogens is 2. The molecule has 0 aromatic carbocycles. The molecule has 72 valence electrons. The molecule has 0 spiro atoms. The number of hydrazine groups is 1. The van der Waals surface area contributed by atoms with Crippen LogP contribution in [0.5, 0.6) is 0 Å². The third kappa shape index (κ3) is 4.13. The van der Waals surface area contributed by atoms with Crippen LogP contribution < -0.4 is 5.43 Å². The fourth-order valence-corrected chi connectivity index (χ4v) is 0.861. The molecule has 0 bridgehead atoms. The van der Waals surface area contributed by atoms with Crippen molar-refractivity contribution in [3.63, 3.8) is 0 Å². The van der Waals surface area contributed by atoms with Gasteiger partial charge in [-0.05, 0) is 6.20 Å². The van der Waals surface area contributed by atoms with Crippen LogP contribution >= 0.6 is 34.0 Å². The molecular formula is C7H15Br2N3. The highest BCUT2D eigenvalue weighted by Gasteiger charge is 2.06. The standard InChI is InChI=1S/C7H13N3.2BrH/c1-3-8-10-6-5-9(4-2)7-10;;/h4-6,8H,2-3,7H2,1H3;2*1H. The molecular weight excluding hydrogens is 286 g/mol. The van der Waals surface area contributed by atoms with Crippen molar-refractivity contribution in [3.05, 3.63) is 25.2 Å². The van der Waals surface area contributed by atoms with Crippen LogP contribution in [0.2, 0.25) is 0 Å². The largest absolute Gasteiger partial charge is 0.334 e. The maximum absolute atomic E-state index is 3.66. The van der Waals surface area contributed by atoms with Gasteiger partial charge in [0.15, 0.2) is 0 Å². The van der Waals surface area contributed by atoms with Gasteiger partial charge in [-0.3, -0.25) is 5.01 Å². The minimum Gasteiger partial charge on any atom is -0.334 e. The highest BCUT2D eigenvalue weighted by molar-refractivity contribution is 8.93. The van der Waals surface area contributed by atoms with Gasteiger partial charge >= 0.3 is 0 Å². The summed E-state index contributed by atoms with van der Waals surface area (Å²) in [5.41, 5.74) is 3.17. The minimum absolute atomic E-state index is 0. The van der Waals surface area contributed by atoms with Crippen LogP contribution in [0.3, 0.4) is 0 Å². The summed E-state index contributed by atoms with van der Waals surface area (Å²) in [4.78, 5) is 2.00. The zero-order chi connectivity index (χ0) is 7.40. The quantitative estimate of drug-likeness (QED) is 0.858. The van der Waals surface area contributed by atoms with Crippen molar-refractivity contribution in [1.29, 1.82) is 0 Å². The second-order valence-electron chi connectivity index (χ2n) is 2.12. The monoisotopic (exact) mass is 299 g/mol. The van der Waals surface area contributed by atoms with Gasteiger partial charge in [-0.15, -0.1) is 34.0 Å². The number of rotatable bonds is 3. The van der Waals surface area contributed by atoms with Gasteiger partial charge in [-0.1, -0.05) is 13.5 Å². The van der Waals surface area contributed by atoms with E-state index in [1.165, 1.54) is 0 Å². The topological polar surface area (TPSA) is 18.5 Å². The first-order valence-corrected chi connectivity index (χ1v) is 3.43. The molecule has 1 aliphatic rings. The fraction of sp³-hybridized carbons (Fsp3) is 0.429. The van der Waals surface area contributed by atoms with Gasteiger partial charge in [0.2, 0.25) is 0 Å². The molecule has 1 heterocycles. The van der Waals surface area contributed by atoms with Gasteiger partial charge in [0.25, 0.3) is 0 Å². The smallest absolute Gasteiger partial charge is 0.108 e. The van der Waals surface area contributed by atoms with E-state index in [4.69, 9.17) is 0 Å². The second kappa shape index (κ2) is 7.64. The summed E-state index contributed by atoms with van der Waals surface area (Å²) >= 11 is 0. The number of nitrogens with one attached hydrogen (secondary N) is 1. The van der Waals surface area contributed by atoms with Crippen LogP contribution in [0.25, 0.3) is 0 Å². The zero-order valence-electron chi connectivity index (χ0n) is 7.06. The molecule has 0 atom stereocenters. The maximum Gasteiger partial charge on any atom is 0.108 e. The number of hydrogen-bond acceptors (Lipinski definition) is 3. The number of nitrogens with zero attached hydrogens (tertiary/aromatic N) is 2. The molecule has 5 heteroatoms. The Morgan fingerprint density at radius 1 is 1.50 bits per heavy atom. The maximum atomic E-state index is 3.66. The summed E-state index contributed by atoms with van der Waals surface area (Å²) in [6, 6.07) is 0. The summed E-state index contributed by atoms with van der Waals surface area (Å²) in [6.07, 6.45) is 5.77. The third-order valence-electron chi connectivity index (χ3n) is 1.35. The zero-order valence-corrected chi connectivity index (χ0v) is 10.5. The lowest BCUT2D eigenvalue weighted by Crippen LogP contribution is -2.34. The first kappa shape index (κ1) is 14.5. The van der Waals surface area contributed by atoms with Gasteiger partial charge in [0.05, 0.1) is 0 Å². The van der Waals surface area contributed by atoms with E-state index in [2.05, 4.69) is 18.9 Å². The first-order chi connectivity index (χ1) is 4.86. The SMILES string of the molecule is Br.Br.C=CN1C=CN(NCC)C1. The van der Waals surface area contributed by atoms with Crippen molar-refractivity contribution in [2.75, 3.05) is 13.2 Å². The predicted molar refractivity (Wildman–Crippen MR) is 62.2 cm³/mol. The second-order valence-corrected chi connectivity index (χ2v) is 2.12. The minimum atomic E-state index is 0. The van der Waals surface area contributed by atoms with Crippen LogP contribution in [0.1, 0.15) is 6.92 Å². The predicted octanol–water partition coefficient (Wildman–Crippen LogP) is 1.86. The molecule has 3 nitrogen and oxygen atoms in total. The van der Waals surface area contributed by atoms with Crippen molar-refractivity contribution in [2.45, 2.75) is 6.92 Å². The lowest BCUT2D eigenvalue weighted by Gasteiger charge is -2.17. The molecule has 0 saturated carbocycles. The Morgan fingerprint density at radius 2 is 2.17 bits per heavy atom. The molecule has 0 unspecified atom stereocenters. The molecule has 1 rings (SSSR count). The van der Waals surface area contributed by atoms with Crippen molar-refractivity contribution in [1.82, 2.24) is 15.3 Å². The van der Waals surface area contributed by atoms with Gasteiger partial charge in [0, 0.05) is 18.9 Å². The van der Waals surface area contributed by atoms with E-state index >= 15 is 0 Å². The van der Waals surface area contributed by atoms with Gasteiger partial charge < -0.3 is 4.90 Å². The Labute approximate surface area is 94.6 Å². The van der Waals surface area contributed by atoms with E-state index in [1.54, 1.807) is 6.20 Å². The van der Waals surface area contributed by atoms with E-state index in [9.17, 15) is 0 Å². The lowest BCUT2D eigenvalue weighted by atomic mass is 10.8. The average Bonchev–Trinajstić information content (AvgIpc) is 2.37. The molecule has 0 aromatic rings. The molecule has 0 fully saturated rings. The summed E-state index contributed by atoms with van der Waals surface area (Å²) in [5, 5.41) is 2.02. The Morgan fingerprint density at radius 3 is 2.58 bits per heavy atom. The van der Waals surface area contributed by atoms with E-state index in [0.29, 0.717) is 0 Å². The Hall–Kier alpha value is -0.0000000000000000763. The Bertz CT molecular complexity index is 150. The van der Waals surface area contributed by atoms with Crippen molar-refractivity contribution >= 4 is 34.0 Å². The van der Waals surface area contributed by atoms with Crippen LogP contribution in [0.15, 0.2) is 25.2 Å². The van der Waals surface area contributed by atoms with E-state index in [-0.39, 0.29) is 34.0 Å². The molecule has 12 heavy (non-hydrogen) atoms. The van der Waals surface area contributed by atoms with Crippen LogP contribution in [-0.4, -0.2) is 23.1 Å². The van der Waals surface area contributed by atoms with Gasteiger partial charge in [-0.2, -0.15) is 0 Å². The molecule has 0 aromatic heterocycles. The highest BCUT2D eigenvalue weighted by atomic mass is 79.9. The molecule has 0 aliphatic carbocycles. The summed E-state index contributed by atoms with van der Waals surface area (Å²) in [7, 11) is 0. The molecule has 0 radical (unpaired) electrons. The first-order valence-electron chi connectivity index (χ1n) is 3.43. The molecule has 1 N–H and O–H groups in total. The summed E-state index contributed by atoms with van der Waals surface area (Å²) in [5.74, 6) is 0. The average molecular weight is 301 g/mol. The van der Waals surface area contributed by atoms with Crippen molar-refractivity contribution in [2.24, 2.45) is 0 Å². The summed E-state index contributed by atoms with van der Waals surface area (Å²) < 4.78 is 0. The van der Waals surface area contributed by atoms with E-state index in [1.807, 2.05) is 22.3 Å².